The van der Waals surface area contributed by atoms with Crippen LogP contribution in [0.25, 0.3) is 0 Å². The van der Waals surface area contributed by atoms with E-state index in [0.717, 1.165) is 5.92 Å². The van der Waals surface area contributed by atoms with E-state index in [4.69, 9.17) is 0 Å². The van der Waals surface area contributed by atoms with Crippen LogP contribution in [0.4, 0.5) is 0 Å². The highest BCUT2D eigenvalue weighted by Gasteiger charge is 2.01. The molecule has 0 heteroatoms. The molecule has 0 bridgehead atoms. The van der Waals surface area contributed by atoms with E-state index in [0.29, 0.717) is 0 Å². The van der Waals surface area contributed by atoms with Crippen LogP contribution in [0.5, 0.6) is 0 Å². The smallest absolute Gasteiger partial charge is 0.0351 e. The van der Waals surface area contributed by atoms with E-state index in [1.807, 2.05) is 0 Å². The lowest BCUT2D eigenvalue weighted by Crippen LogP contribution is -1.95. The summed E-state index contributed by atoms with van der Waals surface area (Å²) in [4.78, 5) is 0. The Kier molecular flexibility index (Phi) is 14.6. The predicted molar refractivity (Wildman–Crippen MR) is 85.1 cm³/mol. The molecule has 108 valence electrons. The highest BCUT2D eigenvalue weighted by atomic mass is 14.1. The van der Waals surface area contributed by atoms with Gasteiger partial charge in [0.05, 0.1) is 0 Å². The molecule has 0 radical (unpaired) electrons. The van der Waals surface area contributed by atoms with Crippen LogP contribution in [0.3, 0.4) is 0 Å². The molecule has 0 saturated carbocycles. The first-order valence-electron chi connectivity index (χ1n) is 8.46. The molecule has 0 nitrogen and oxygen atoms in total. The SMILES string of the molecule is CCC=CCCCCCC(C)CCCCCCC. The van der Waals surface area contributed by atoms with Crippen molar-refractivity contribution in [2.45, 2.75) is 97.8 Å². The zero-order valence-electron chi connectivity index (χ0n) is 13.2. The van der Waals surface area contributed by atoms with Crippen molar-refractivity contribution in [2.75, 3.05) is 0 Å². The van der Waals surface area contributed by atoms with Crippen molar-refractivity contribution >= 4 is 0 Å². The van der Waals surface area contributed by atoms with E-state index in [1.165, 1.54) is 77.0 Å². The monoisotopic (exact) mass is 252 g/mol. The molecule has 1 unspecified atom stereocenters. The van der Waals surface area contributed by atoms with Gasteiger partial charge in [0.1, 0.15) is 0 Å². The molecular weight excluding hydrogens is 216 g/mol. The Bertz CT molecular complexity index is 169. The maximum absolute atomic E-state index is 2.44. The van der Waals surface area contributed by atoms with Gasteiger partial charge >= 0.3 is 0 Å². The van der Waals surface area contributed by atoms with E-state index in [1.54, 1.807) is 0 Å². The summed E-state index contributed by atoms with van der Waals surface area (Å²) in [5.74, 6) is 0.956. The molecule has 0 aliphatic carbocycles. The summed E-state index contributed by atoms with van der Waals surface area (Å²) in [6, 6.07) is 0. The van der Waals surface area contributed by atoms with E-state index < -0.39 is 0 Å². The average molecular weight is 252 g/mol. The lowest BCUT2D eigenvalue weighted by Gasteiger charge is -2.10. The van der Waals surface area contributed by atoms with Gasteiger partial charge in [-0.1, -0.05) is 90.7 Å². The Hall–Kier alpha value is -0.260. The molecule has 0 aromatic carbocycles. The van der Waals surface area contributed by atoms with Crippen LogP contribution < -0.4 is 0 Å². The minimum atomic E-state index is 0.956. The largest absolute Gasteiger partial charge is 0.0888 e. The topological polar surface area (TPSA) is 0 Å². The fraction of sp³-hybridized carbons (Fsp3) is 0.889. The Morgan fingerprint density at radius 2 is 1.33 bits per heavy atom. The van der Waals surface area contributed by atoms with Crippen molar-refractivity contribution < 1.29 is 0 Å². The zero-order chi connectivity index (χ0) is 13.5. The highest BCUT2D eigenvalue weighted by Crippen LogP contribution is 2.17. The van der Waals surface area contributed by atoms with Crippen molar-refractivity contribution in [1.29, 1.82) is 0 Å². The van der Waals surface area contributed by atoms with Gasteiger partial charge < -0.3 is 0 Å². The lowest BCUT2D eigenvalue weighted by atomic mass is 9.96. The number of hydrogen-bond donors (Lipinski definition) is 0. The second-order valence-corrected chi connectivity index (χ2v) is 5.83. The summed E-state index contributed by atoms with van der Waals surface area (Å²) in [7, 11) is 0. The summed E-state index contributed by atoms with van der Waals surface area (Å²) in [5.41, 5.74) is 0. The van der Waals surface area contributed by atoms with Crippen molar-refractivity contribution in [2.24, 2.45) is 5.92 Å². The van der Waals surface area contributed by atoms with Gasteiger partial charge in [-0.2, -0.15) is 0 Å². The van der Waals surface area contributed by atoms with Crippen molar-refractivity contribution in [3.8, 4) is 0 Å². The van der Waals surface area contributed by atoms with Gasteiger partial charge in [-0.05, 0) is 25.2 Å². The molecule has 0 aliphatic rings. The highest BCUT2D eigenvalue weighted by molar-refractivity contribution is 4.79. The van der Waals surface area contributed by atoms with Gasteiger partial charge in [-0.15, -0.1) is 0 Å². The van der Waals surface area contributed by atoms with Crippen molar-refractivity contribution in [3.63, 3.8) is 0 Å². The molecule has 0 saturated heterocycles. The number of allylic oxidation sites excluding steroid dienone is 2. The third-order valence-electron chi connectivity index (χ3n) is 3.77. The van der Waals surface area contributed by atoms with Crippen LogP contribution in [0, 0.1) is 5.92 Å². The normalized spacial score (nSPS) is 13.3. The average Bonchev–Trinajstić information content (AvgIpc) is 2.37. The van der Waals surface area contributed by atoms with Gasteiger partial charge in [0.25, 0.3) is 0 Å². The molecular formula is C18H36. The van der Waals surface area contributed by atoms with Crippen LogP contribution in [0.15, 0.2) is 12.2 Å². The standard InChI is InChI=1S/C18H36/c1-4-6-8-10-11-13-15-17-18(3)16-14-12-9-7-5-2/h6,8,18H,4-5,7,9-17H2,1-3H3. The third kappa shape index (κ3) is 13.8. The molecule has 0 aromatic heterocycles. The fourth-order valence-electron chi connectivity index (χ4n) is 2.46. The summed E-state index contributed by atoms with van der Waals surface area (Å²) < 4.78 is 0. The molecule has 0 N–H and O–H groups in total. The Balaban J connectivity index is 3.16. The van der Waals surface area contributed by atoms with Crippen molar-refractivity contribution in [1.82, 2.24) is 0 Å². The second-order valence-electron chi connectivity index (χ2n) is 5.83. The molecule has 0 spiro atoms. The van der Waals surface area contributed by atoms with E-state index in [9.17, 15) is 0 Å². The predicted octanol–water partition coefficient (Wildman–Crippen LogP) is 6.90. The molecule has 0 rings (SSSR count). The molecule has 0 amide bonds. The third-order valence-corrected chi connectivity index (χ3v) is 3.77. The van der Waals surface area contributed by atoms with E-state index in [-0.39, 0.29) is 0 Å². The maximum atomic E-state index is 2.44. The molecule has 0 fully saturated rings. The Morgan fingerprint density at radius 1 is 0.722 bits per heavy atom. The van der Waals surface area contributed by atoms with Gasteiger partial charge in [-0.3, -0.25) is 0 Å². The minimum absolute atomic E-state index is 0.956. The van der Waals surface area contributed by atoms with Gasteiger partial charge in [0.2, 0.25) is 0 Å². The molecule has 0 aliphatic heterocycles. The first-order chi connectivity index (χ1) is 8.81. The molecule has 0 heterocycles. The zero-order valence-corrected chi connectivity index (χ0v) is 13.2. The van der Waals surface area contributed by atoms with E-state index >= 15 is 0 Å². The molecule has 18 heavy (non-hydrogen) atoms. The quantitative estimate of drug-likeness (QED) is 0.247. The van der Waals surface area contributed by atoms with Gasteiger partial charge in [-0.25, -0.2) is 0 Å². The fourth-order valence-corrected chi connectivity index (χ4v) is 2.46. The summed E-state index contributed by atoms with van der Waals surface area (Å²) in [6.45, 7) is 6.94. The lowest BCUT2D eigenvalue weighted by molar-refractivity contribution is 0.436. The number of hydrogen-bond acceptors (Lipinski definition) is 0. The van der Waals surface area contributed by atoms with Crippen LogP contribution in [0.1, 0.15) is 97.8 Å². The first-order valence-corrected chi connectivity index (χ1v) is 8.46. The number of unbranched alkanes of at least 4 members (excludes halogenated alkanes) is 7. The van der Waals surface area contributed by atoms with Crippen LogP contribution in [-0.2, 0) is 0 Å². The molecule has 1 atom stereocenters. The summed E-state index contributed by atoms with van der Waals surface area (Å²) in [5, 5.41) is 0. The first kappa shape index (κ1) is 17.7. The Morgan fingerprint density at radius 3 is 1.94 bits per heavy atom. The molecule has 0 aromatic rings. The summed E-state index contributed by atoms with van der Waals surface area (Å²) >= 11 is 0. The second kappa shape index (κ2) is 14.8. The Labute approximate surface area is 116 Å². The number of rotatable bonds is 13. The van der Waals surface area contributed by atoms with Crippen LogP contribution in [-0.4, -0.2) is 0 Å². The van der Waals surface area contributed by atoms with Crippen LogP contribution >= 0.6 is 0 Å². The maximum Gasteiger partial charge on any atom is -0.0351 e. The van der Waals surface area contributed by atoms with E-state index in [2.05, 4.69) is 32.9 Å². The van der Waals surface area contributed by atoms with Crippen LogP contribution in [0.2, 0.25) is 0 Å². The summed E-state index contributed by atoms with van der Waals surface area (Å²) in [6.07, 6.45) is 21.4. The van der Waals surface area contributed by atoms with Gasteiger partial charge in [0.15, 0.2) is 0 Å². The van der Waals surface area contributed by atoms with Gasteiger partial charge in [0, 0.05) is 0 Å². The minimum Gasteiger partial charge on any atom is -0.0888 e. The van der Waals surface area contributed by atoms with Crippen molar-refractivity contribution in [3.05, 3.63) is 12.2 Å².